The summed E-state index contributed by atoms with van der Waals surface area (Å²) in [5.41, 5.74) is 9.95. The number of nitrogens with zero attached hydrogens (tertiary/aromatic N) is 1. The van der Waals surface area contributed by atoms with Gasteiger partial charge in [-0.25, -0.2) is 4.98 Å². The molecule has 0 saturated heterocycles. The van der Waals surface area contributed by atoms with E-state index in [0.717, 1.165) is 23.7 Å². The summed E-state index contributed by atoms with van der Waals surface area (Å²) < 4.78 is 0. The Balaban J connectivity index is 0.00000161. The molecule has 3 rings (SSSR count). The van der Waals surface area contributed by atoms with Gasteiger partial charge in [0.05, 0.1) is 5.52 Å². The number of halogens is 1. The third-order valence-electron chi connectivity index (χ3n) is 4.20. The van der Waals surface area contributed by atoms with E-state index in [-0.39, 0.29) is 51.4 Å². The molecular formula is C16H15ClKN2O-. The largest absolute Gasteiger partial charge is 1.00 e. The van der Waals surface area contributed by atoms with Crippen molar-refractivity contribution in [2.45, 2.75) is 25.7 Å². The van der Waals surface area contributed by atoms with Gasteiger partial charge in [0.1, 0.15) is 5.15 Å². The number of aryl methyl sites for hydroxylation is 2. The van der Waals surface area contributed by atoms with Crippen molar-refractivity contribution in [1.82, 2.24) is 4.98 Å². The molecule has 0 aliphatic heterocycles. The summed E-state index contributed by atoms with van der Waals surface area (Å²) in [6.45, 7) is 3.98. The maximum Gasteiger partial charge on any atom is 1.00 e. The number of pyridine rings is 1. The first kappa shape index (κ1) is 17.4. The molecule has 1 N–H and O–H groups in total. The standard InChI is InChI=1S/C16H16ClN2O.K/c1-16(15(18)20)6-4-10-8-12-2-3-14(17)19-13(12)9-11(10)5-7-16;/h2-3,8-9H,1,4-7H2,(H2,18,20);/q-1;+1/p-1. The Hall–Kier alpha value is 0.0264. The van der Waals surface area contributed by atoms with Crippen LogP contribution in [0.4, 0.5) is 0 Å². The molecule has 1 unspecified atom stereocenters. The van der Waals surface area contributed by atoms with Crippen LogP contribution in [-0.2, 0) is 17.6 Å². The van der Waals surface area contributed by atoms with Gasteiger partial charge in [0.15, 0.2) is 0 Å². The average Bonchev–Trinajstić information content (AvgIpc) is 2.57. The van der Waals surface area contributed by atoms with Crippen LogP contribution in [0.5, 0.6) is 0 Å². The van der Waals surface area contributed by atoms with Crippen LogP contribution < -0.4 is 51.4 Å². The van der Waals surface area contributed by atoms with Crippen molar-refractivity contribution in [2.24, 2.45) is 5.41 Å². The van der Waals surface area contributed by atoms with Gasteiger partial charge in [-0.3, -0.25) is 0 Å². The van der Waals surface area contributed by atoms with E-state index in [1.807, 2.05) is 6.07 Å². The zero-order valence-electron chi connectivity index (χ0n) is 12.1. The van der Waals surface area contributed by atoms with Crippen LogP contribution >= 0.6 is 11.6 Å². The molecule has 1 atom stereocenters. The first-order valence-corrected chi connectivity index (χ1v) is 7.05. The summed E-state index contributed by atoms with van der Waals surface area (Å²) in [7, 11) is 0. The fraction of sp³-hybridized carbons (Fsp3) is 0.312. The zero-order chi connectivity index (χ0) is 14.3. The van der Waals surface area contributed by atoms with Gasteiger partial charge in [-0.15, -0.1) is 5.41 Å². The summed E-state index contributed by atoms with van der Waals surface area (Å²) in [5, 5.41) is 1.54. The molecule has 21 heavy (non-hydrogen) atoms. The molecule has 0 radical (unpaired) electrons. The van der Waals surface area contributed by atoms with E-state index in [9.17, 15) is 4.79 Å². The Morgan fingerprint density at radius 1 is 1.24 bits per heavy atom. The van der Waals surface area contributed by atoms with E-state index in [1.165, 1.54) is 11.1 Å². The SMILES string of the molecule is [CH2-]C1(C([NH-])=O)CCc2cc3ccc(Cl)nc3cc2CC1.[K+]. The Morgan fingerprint density at radius 3 is 2.48 bits per heavy atom. The molecule has 1 aliphatic carbocycles. The number of fused-ring (bicyclic) bond motifs is 2. The Labute approximate surface area is 172 Å². The molecule has 1 aliphatic rings. The molecule has 2 aromatic rings. The molecule has 0 saturated carbocycles. The quantitative estimate of drug-likeness (QED) is 0.342. The molecule has 0 fully saturated rings. The van der Waals surface area contributed by atoms with Crippen LogP contribution in [0.3, 0.4) is 0 Å². The van der Waals surface area contributed by atoms with Gasteiger partial charge >= 0.3 is 51.4 Å². The summed E-state index contributed by atoms with van der Waals surface area (Å²) >= 11 is 5.93. The fourth-order valence-corrected chi connectivity index (χ4v) is 2.96. The molecule has 104 valence electrons. The number of rotatable bonds is 1. The molecule has 3 nitrogen and oxygen atoms in total. The number of benzene rings is 1. The molecule has 1 aromatic heterocycles. The number of amides is 1. The summed E-state index contributed by atoms with van der Waals surface area (Å²) in [6.07, 6.45) is 2.79. The summed E-state index contributed by atoms with van der Waals surface area (Å²) in [5.74, 6) is -0.559. The first-order valence-electron chi connectivity index (χ1n) is 6.67. The monoisotopic (exact) mass is 325 g/mol. The topological polar surface area (TPSA) is 53.8 Å². The maximum atomic E-state index is 11.5. The van der Waals surface area contributed by atoms with Crippen molar-refractivity contribution in [1.29, 1.82) is 0 Å². The van der Waals surface area contributed by atoms with Gasteiger partial charge in [-0.1, -0.05) is 24.4 Å². The van der Waals surface area contributed by atoms with Gasteiger partial charge in [0.2, 0.25) is 0 Å². The summed E-state index contributed by atoms with van der Waals surface area (Å²) in [6, 6.07) is 7.92. The van der Waals surface area contributed by atoms with Crippen LogP contribution in [0, 0.1) is 12.3 Å². The minimum Gasteiger partial charge on any atom is -0.670 e. The van der Waals surface area contributed by atoms with E-state index in [2.05, 4.69) is 24.0 Å². The van der Waals surface area contributed by atoms with Gasteiger partial charge in [0.25, 0.3) is 0 Å². The summed E-state index contributed by atoms with van der Waals surface area (Å²) in [4.78, 5) is 15.8. The molecule has 0 bridgehead atoms. The van der Waals surface area contributed by atoms with Gasteiger partial charge in [-0.05, 0) is 48.2 Å². The third-order valence-corrected chi connectivity index (χ3v) is 4.41. The van der Waals surface area contributed by atoms with Gasteiger partial charge in [-0.2, -0.15) is 0 Å². The molecule has 1 amide bonds. The average molecular weight is 326 g/mol. The Morgan fingerprint density at radius 2 is 1.86 bits per heavy atom. The van der Waals surface area contributed by atoms with Crippen molar-refractivity contribution < 1.29 is 56.2 Å². The minimum absolute atomic E-state index is 0. The van der Waals surface area contributed by atoms with Crippen LogP contribution in [0.25, 0.3) is 16.6 Å². The van der Waals surface area contributed by atoms with E-state index in [4.69, 9.17) is 17.3 Å². The van der Waals surface area contributed by atoms with Crippen molar-refractivity contribution in [2.75, 3.05) is 0 Å². The third kappa shape index (κ3) is 3.52. The second-order valence-electron chi connectivity index (χ2n) is 5.56. The molecular weight excluding hydrogens is 311 g/mol. The normalized spacial score (nSPS) is 21.2. The van der Waals surface area contributed by atoms with Crippen LogP contribution in [0.1, 0.15) is 24.0 Å². The smallest absolute Gasteiger partial charge is 0.670 e. The van der Waals surface area contributed by atoms with Gasteiger partial charge < -0.3 is 17.5 Å². The molecule has 0 spiro atoms. The number of carbonyl (C=O) groups excluding carboxylic acids is 1. The molecule has 5 heteroatoms. The molecule has 1 aromatic carbocycles. The van der Waals surface area contributed by atoms with Crippen LogP contribution in [0.2, 0.25) is 5.15 Å². The first-order chi connectivity index (χ1) is 9.48. The number of hydrogen-bond acceptors (Lipinski definition) is 2. The fourth-order valence-electron chi connectivity index (χ4n) is 2.80. The van der Waals surface area contributed by atoms with Crippen LogP contribution in [-0.4, -0.2) is 10.9 Å². The Kier molecular flexibility index (Phi) is 5.50. The van der Waals surface area contributed by atoms with Crippen molar-refractivity contribution in [3.8, 4) is 0 Å². The number of aromatic nitrogens is 1. The van der Waals surface area contributed by atoms with E-state index < -0.39 is 11.3 Å². The Bertz CT molecular complexity index is 704. The second-order valence-corrected chi connectivity index (χ2v) is 5.94. The predicted molar refractivity (Wildman–Crippen MR) is 80.5 cm³/mol. The number of hydrogen-bond donors (Lipinski definition) is 0. The molecule has 1 heterocycles. The maximum absolute atomic E-state index is 11.5. The van der Waals surface area contributed by atoms with E-state index in [1.54, 1.807) is 6.07 Å². The van der Waals surface area contributed by atoms with Crippen LogP contribution in [0.15, 0.2) is 24.3 Å². The van der Waals surface area contributed by atoms with E-state index >= 15 is 0 Å². The number of nitrogens with one attached hydrogen (secondary N) is 1. The van der Waals surface area contributed by atoms with Crippen molar-refractivity contribution >= 4 is 28.4 Å². The minimum atomic E-state index is -0.768. The predicted octanol–water partition coefficient (Wildman–Crippen LogP) is 1.17. The second kappa shape index (κ2) is 6.65. The van der Waals surface area contributed by atoms with Crippen molar-refractivity contribution in [3.63, 3.8) is 0 Å². The van der Waals surface area contributed by atoms with Crippen molar-refractivity contribution in [3.05, 3.63) is 53.2 Å². The zero-order valence-corrected chi connectivity index (χ0v) is 16.0. The number of carbonyl (C=O) groups is 1. The van der Waals surface area contributed by atoms with Gasteiger partial charge in [0, 0.05) is 11.3 Å². The van der Waals surface area contributed by atoms with E-state index in [0.29, 0.717) is 18.0 Å².